The number of esters is 1. The van der Waals surface area contributed by atoms with Gasteiger partial charge in [-0.2, -0.15) is 5.26 Å². The molecule has 4 nitrogen and oxygen atoms in total. The molecule has 0 saturated carbocycles. The zero-order valence-electron chi connectivity index (χ0n) is 9.36. The normalized spacial score (nSPS) is 9.76. The molecule has 0 heterocycles. The van der Waals surface area contributed by atoms with E-state index in [0.717, 1.165) is 6.07 Å². The van der Waals surface area contributed by atoms with E-state index in [0.29, 0.717) is 5.56 Å². The van der Waals surface area contributed by atoms with Gasteiger partial charge in [-0.3, -0.25) is 4.79 Å². The highest BCUT2D eigenvalue weighted by molar-refractivity contribution is 5.74. The van der Waals surface area contributed by atoms with Gasteiger partial charge in [0.2, 0.25) is 0 Å². The van der Waals surface area contributed by atoms with Gasteiger partial charge >= 0.3 is 5.97 Å². The molecule has 1 aromatic rings. The van der Waals surface area contributed by atoms with Crippen molar-refractivity contribution < 1.29 is 19.0 Å². The van der Waals surface area contributed by atoms with Gasteiger partial charge in [-0.1, -0.05) is 6.07 Å². The van der Waals surface area contributed by atoms with Gasteiger partial charge in [0.05, 0.1) is 25.2 Å². The van der Waals surface area contributed by atoms with Gasteiger partial charge in [-0.05, 0) is 24.1 Å². The van der Waals surface area contributed by atoms with Crippen LogP contribution in [0.25, 0.3) is 0 Å². The number of halogens is 1. The number of benzene rings is 1. The van der Waals surface area contributed by atoms with Crippen LogP contribution in [-0.2, 0) is 22.6 Å². The third-order valence-electron chi connectivity index (χ3n) is 2.27. The first-order valence-corrected chi connectivity index (χ1v) is 5.10. The molecule has 1 rings (SSSR count). The Labute approximate surface area is 98.2 Å². The van der Waals surface area contributed by atoms with Crippen LogP contribution in [0.2, 0.25) is 0 Å². The summed E-state index contributed by atoms with van der Waals surface area (Å²) in [5, 5.41) is 17.9. The lowest BCUT2D eigenvalue weighted by Gasteiger charge is -2.09. The van der Waals surface area contributed by atoms with E-state index in [1.165, 1.54) is 6.07 Å². The summed E-state index contributed by atoms with van der Waals surface area (Å²) in [7, 11) is 0. The number of hydrogen-bond acceptors (Lipinski definition) is 4. The van der Waals surface area contributed by atoms with Crippen LogP contribution in [0.4, 0.5) is 4.39 Å². The van der Waals surface area contributed by atoms with Gasteiger partial charge in [0, 0.05) is 0 Å². The number of rotatable bonds is 4. The number of hydrogen-bond donors (Lipinski definition) is 1. The Balaban J connectivity index is 3.15. The maximum absolute atomic E-state index is 13.3. The molecular weight excluding hydrogens is 225 g/mol. The molecule has 0 aliphatic rings. The molecule has 0 spiro atoms. The van der Waals surface area contributed by atoms with Crippen molar-refractivity contribution in [2.45, 2.75) is 20.0 Å². The SMILES string of the molecule is CCOC(=O)Cc1c(CO)ccc(F)c1C#N. The topological polar surface area (TPSA) is 70.3 Å². The van der Waals surface area contributed by atoms with Crippen LogP contribution < -0.4 is 0 Å². The molecule has 0 atom stereocenters. The van der Waals surface area contributed by atoms with Crippen LogP contribution in [-0.4, -0.2) is 17.7 Å². The largest absolute Gasteiger partial charge is 0.466 e. The minimum absolute atomic E-state index is 0.188. The highest BCUT2D eigenvalue weighted by Gasteiger charge is 2.16. The van der Waals surface area contributed by atoms with Gasteiger partial charge in [0.15, 0.2) is 0 Å². The van der Waals surface area contributed by atoms with Gasteiger partial charge in [-0.25, -0.2) is 4.39 Å². The lowest BCUT2D eigenvalue weighted by molar-refractivity contribution is -0.142. The fraction of sp³-hybridized carbons (Fsp3) is 0.333. The average Bonchev–Trinajstić information content (AvgIpc) is 2.30. The van der Waals surface area contributed by atoms with Crippen molar-refractivity contribution in [2.75, 3.05) is 6.61 Å². The van der Waals surface area contributed by atoms with Gasteiger partial charge < -0.3 is 9.84 Å². The third kappa shape index (κ3) is 3.02. The molecular formula is C12H12FNO3. The summed E-state index contributed by atoms with van der Waals surface area (Å²) in [6, 6.07) is 4.14. The number of ether oxygens (including phenoxy) is 1. The first kappa shape index (κ1) is 13.1. The van der Waals surface area contributed by atoms with Crippen molar-refractivity contribution in [3.63, 3.8) is 0 Å². The maximum atomic E-state index is 13.3. The summed E-state index contributed by atoms with van der Waals surface area (Å²) in [6.45, 7) is 1.51. The molecule has 1 aromatic carbocycles. The summed E-state index contributed by atoms with van der Waals surface area (Å²) in [5.74, 6) is -1.26. The molecule has 5 heteroatoms. The Bertz CT molecular complexity index is 466. The van der Waals surface area contributed by atoms with E-state index >= 15 is 0 Å². The highest BCUT2D eigenvalue weighted by atomic mass is 19.1. The van der Waals surface area contributed by atoms with E-state index in [-0.39, 0.29) is 30.8 Å². The molecule has 0 saturated heterocycles. The molecule has 0 bridgehead atoms. The molecule has 17 heavy (non-hydrogen) atoms. The van der Waals surface area contributed by atoms with Crippen LogP contribution in [0.15, 0.2) is 12.1 Å². The molecule has 90 valence electrons. The molecule has 0 amide bonds. The summed E-state index contributed by atoms with van der Waals surface area (Å²) in [6.07, 6.45) is -0.218. The van der Waals surface area contributed by atoms with Crippen LogP contribution in [0.5, 0.6) is 0 Å². The summed E-state index contributed by atoms with van der Waals surface area (Å²) < 4.78 is 18.1. The molecule has 0 unspecified atom stereocenters. The summed E-state index contributed by atoms with van der Waals surface area (Å²) >= 11 is 0. The number of carbonyl (C=O) groups is 1. The molecule has 0 aliphatic carbocycles. The first-order chi connectivity index (χ1) is 8.13. The maximum Gasteiger partial charge on any atom is 0.310 e. The Morgan fingerprint density at radius 2 is 2.29 bits per heavy atom. The average molecular weight is 237 g/mol. The predicted molar refractivity (Wildman–Crippen MR) is 57.4 cm³/mol. The van der Waals surface area contributed by atoms with Crippen molar-refractivity contribution in [2.24, 2.45) is 0 Å². The van der Waals surface area contributed by atoms with E-state index in [1.54, 1.807) is 13.0 Å². The quantitative estimate of drug-likeness (QED) is 0.801. The minimum Gasteiger partial charge on any atom is -0.466 e. The number of nitrogens with zero attached hydrogens (tertiary/aromatic N) is 1. The van der Waals surface area contributed by atoms with Crippen LogP contribution in [0, 0.1) is 17.1 Å². The van der Waals surface area contributed by atoms with Crippen LogP contribution >= 0.6 is 0 Å². The Morgan fingerprint density at radius 3 is 2.82 bits per heavy atom. The fourth-order valence-corrected chi connectivity index (χ4v) is 1.49. The fourth-order valence-electron chi connectivity index (χ4n) is 1.49. The third-order valence-corrected chi connectivity index (χ3v) is 2.27. The molecule has 0 radical (unpaired) electrons. The molecule has 0 aromatic heterocycles. The number of nitriles is 1. The molecule has 0 aliphatic heterocycles. The monoisotopic (exact) mass is 237 g/mol. The second-order valence-corrected chi connectivity index (χ2v) is 3.31. The number of aliphatic hydroxyl groups excluding tert-OH is 1. The van der Waals surface area contributed by atoms with Gasteiger partial charge in [0.1, 0.15) is 11.9 Å². The lowest BCUT2D eigenvalue weighted by atomic mass is 9.98. The number of carbonyl (C=O) groups excluding carboxylic acids is 1. The Hall–Kier alpha value is -1.93. The van der Waals surface area contributed by atoms with Crippen molar-refractivity contribution in [3.8, 4) is 6.07 Å². The van der Waals surface area contributed by atoms with E-state index in [1.807, 2.05) is 0 Å². The van der Waals surface area contributed by atoms with E-state index < -0.39 is 11.8 Å². The molecule has 0 fully saturated rings. The summed E-state index contributed by atoms with van der Waals surface area (Å²) in [4.78, 5) is 11.3. The van der Waals surface area contributed by atoms with Crippen molar-refractivity contribution in [1.29, 1.82) is 5.26 Å². The second kappa shape index (κ2) is 5.97. The zero-order chi connectivity index (χ0) is 12.8. The van der Waals surface area contributed by atoms with Gasteiger partial charge in [0.25, 0.3) is 0 Å². The van der Waals surface area contributed by atoms with Crippen molar-refractivity contribution in [3.05, 3.63) is 34.6 Å². The first-order valence-electron chi connectivity index (χ1n) is 5.10. The Kier molecular flexibility index (Phi) is 4.61. The number of aliphatic hydroxyl groups is 1. The van der Waals surface area contributed by atoms with Crippen molar-refractivity contribution in [1.82, 2.24) is 0 Å². The van der Waals surface area contributed by atoms with Crippen molar-refractivity contribution >= 4 is 5.97 Å². The minimum atomic E-state index is -0.705. The van der Waals surface area contributed by atoms with Crippen LogP contribution in [0.3, 0.4) is 0 Å². The summed E-state index contributed by atoms with van der Waals surface area (Å²) in [5.41, 5.74) is 0.328. The lowest BCUT2D eigenvalue weighted by Crippen LogP contribution is -2.11. The standard InChI is InChI=1S/C12H12FNO3/c1-2-17-12(16)5-9-8(7-15)3-4-11(13)10(9)6-14/h3-4,15H,2,5,7H2,1H3. The van der Waals surface area contributed by atoms with Gasteiger partial charge in [-0.15, -0.1) is 0 Å². The van der Waals surface area contributed by atoms with E-state index in [2.05, 4.69) is 0 Å². The van der Waals surface area contributed by atoms with E-state index in [9.17, 15) is 9.18 Å². The smallest absolute Gasteiger partial charge is 0.310 e. The Morgan fingerprint density at radius 1 is 1.59 bits per heavy atom. The van der Waals surface area contributed by atoms with E-state index in [4.69, 9.17) is 15.1 Å². The van der Waals surface area contributed by atoms with Crippen LogP contribution in [0.1, 0.15) is 23.6 Å². The second-order valence-electron chi connectivity index (χ2n) is 3.31. The predicted octanol–water partition coefficient (Wildman–Crippen LogP) is 1.30. The highest BCUT2D eigenvalue weighted by Crippen LogP contribution is 2.19. The molecule has 1 N–H and O–H groups in total. The zero-order valence-corrected chi connectivity index (χ0v) is 9.36.